The van der Waals surface area contributed by atoms with Crippen LogP contribution in [-0.4, -0.2) is 26.0 Å². The summed E-state index contributed by atoms with van der Waals surface area (Å²) in [6, 6.07) is 0. The summed E-state index contributed by atoms with van der Waals surface area (Å²) in [6.45, 7) is 0. The van der Waals surface area contributed by atoms with Crippen LogP contribution >= 0.6 is 23.5 Å². The minimum absolute atomic E-state index is 0. The third kappa shape index (κ3) is 6400. The SMILES string of the molecule is O=P([O-])([O-])O.O=P([O-])([O-])O.O=P([O-])([O-])O.[Mo].[O]=[W](=[O])[OH].[O]=[W](=[O])[OH].[O]=[W](=[O])[OH]. The molecule has 6 N–H and O–H groups in total. The van der Waals surface area contributed by atoms with Crippen LogP contribution < -0.4 is 29.4 Å². The predicted octanol–water partition coefficient (Wildman–Crippen LogP) is -8.97. The summed E-state index contributed by atoms with van der Waals surface area (Å²) in [5.41, 5.74) is 0. The van der Waals surface area contributed by atoms with Crippen molar-refractivity contribution in [2.24, 2.45) is 0 Å². The standard InChI is InChI=1S/Mo.3H3O4P.3H2O.6O.3W/c;3*1-5(2,3)4;;;;;;;;;;;;/h;3*(H3,1,2,3,4);3*1H2;;;;;;;;;/q;;;;;;;;;;;;;3*+1/p-9. The van der Waals surface area contributed by atoms with E-state index in [9.17, 15) is 0 Å². The third-order valence-electron chi connectivity index (χ3n) is 0. The fraction of sp³-hybridized carbons (Fsp3) is 0. The maximum absolute atomic E-state index is 8.72. The first kappa shape index (κ1) is 47.5. The van der Waals surface area contributed by atoms with Gasteiger partial charge in [-0.2, -0.15) is 0 Å². The second-order valence-corrected chi connectivity index (χ2v) is 9.55. The molecule has 0 aromatic rings. The Labute approximate surface area is 185 Å². The van der Waals surface area contributed by atoms with Crippen molar-refractivity contribution in [2.75, 3.05) is 0 Å². The molecule has 0 rings (SSSR count). The molecule has 0 aromatic carbocycles. The number of rotatable bonds is 0. The van der Waals surface area contributed by atoms with Crippen molar-refractivity contribution < 1.29 is 163 Å². The topological polar surface area (TPSA) is 413 Å². The Bertz CT molecular complexity index is 532. The molecule has 28 heteroatoms. The molecule has 0 bridgehead atoms. The van der Waals surface area contributed by atoms with Gasteiger partial charge in [-0.25, -0.2) is 0 Å². The molecular weight excluding hydrogens is 1080 g/mol. The molecule has 0 aliphatic heterocycles. The average Bonchev–Trinajstić information content (AvgIpc) is 2.01. The van der Waals surface area contributed by atoms with Crippen molar-refractivity contribution in [3.05, 3.63) is 0 Å². The van der Waals surface area contributed by atoms with Crippen LogP contribution in [0.15, 0.2) is 0 Å². The third-order valence-corrected chi connectivity index (χ3v) is 0. The van der Waals surface area contributed by atoms with E-state index in [2.05, 4.69) is 0 Å². The van der Waals surface area contributed by atoms with E-state index in [4.69, 9.17) is 89.4 Å². The van der Waals surface area contributed by atoms with E-state index in [0.717, 1.165) is 0 Å². The molecule has 0 radical (unpaired) electrons. The molecule has 21 nitrogen and oxygen atoms in total. The van der Waals surface area contributed by atoms with Gasteiger partial charge in [0.2, 0.25) is 0 Å². The summed E-state index contributed by atoms with van der Waals surface area (Å²) in [4.78, 5) is 72.9. The van der Waals surface area contributed by atoms with Gasteiger partial charge < -0.3 is 57.7 Å². The van der Waals surface area contributed by atoms with Crippen LogP contribution in [0.5, 0.6) is 0 Å². The van der Waals surface area contributed by atoms with Crippen LogP contribution in [-0.2, 0) is 108 Å². The first-order chi connectivity index (χ1) is 11.2. The predicted molar refractivity (Wildman–Crippen MR) is 40.3 cm³/mol. The van der Waals surface area contributed by atoms with E-state index in [1.54, 1.807) is 0 Å². The van der Waals surface area contributed by atoms with Gasteiger partial charge in [0.1, 0.15) is 0 Å². The molecule has 177 valence electrons. The Morgan fingerprint density at radius 1 is 0.464 bits per heavy atom. The Morgan fingerprint density at radius 2 is 0.464 bits per heavy atom. The first-order valence-corrected chi connectivity index (χ1v) is 19.4. The Kier molecular flexibility index (Phi) is 45.5. The van der Waals surface area contributed by atoms with Gasteiger partial charge in [0, 0.05) is 21.1 Å². The molecule has 0 saturated carbocycles. The average molecular weight is 1080 g/mol. The number of phosphoric acid groups is 3. The summed E-state index contributed by atoms with van der Waals surface area (Å²) >= 11 is -12.1. The molecule has 0 fully saturated rings. The quantitative estimate of drug-likeness (QED) is 0.0969. The van der Waals surface area contributed by atoms with Crippen LogP contribution in [0.3, 0.4) is 0 Å². The van der Waals surface area contributed by atoms with Crippen molar-refractivity contribution in [3.63, 3.8) is 0 Å². The van der Waals surface area contributed by atoms with Gasteiger partial charge in [-0.05, 0) is 0 Å². The van der Waals surface area contributed by atoms with Gasteiger partial charge in [0.25, 0.3) is 0 Å². The molecule has 0 atom stereocenters. The molecule has 0 aromatic heterocycles. The van der Waals surface area contributed by atoms with Crippen molar-refractivity contribution in [3.8, 4) is 0 Å². The zero-order valence-corrected chi connectivity index (χ0v) is 25.3. The van der Waals surface area contributed by atoms with Crippen molar-refractivity contribution in [2.45, 2.75) is 0 Å². The van der Waals surface area contributed by atoms with Crippen molar-refractivity contribution in [1.82, 2.24) is 0 Å². The van der Waals surface area contributed by atoms with E-state index in [0.29, 0.717) is 0 Å². The second-order valence-electron chi connectivity index (χ2n) is 2.06. The number of hydrogen-bond donors (Lipinski definition) is 6. The van der Waals surface area contributed by atoms with Gasteiger partial charge in [0.15, 0.2) is 0 Å². The molecule has 28 heavy (non-hydrogen) atoms. The zero-order chi connectivity index (χ0) is 24.2. The van der Waals surface area contributed by atoms with Crippen molar-refractivity contribution >= 4 is 23.5 Å². The van der Waals surface area contributed by atoms with E-state index in [1.165, 1.54) is 0 Å². The van der Waals surface area contributed by atoms with Gasteiger partial charge in [-0.3, -0.25) is 0 Å². The molecular formula is H6MoO21P3W3-6. The molecule has 0 spiro atoms. The van der Waals surface area contributed by atoms with Crippen LogP contribution in [0.1, 0.15) is 0 Å². The van der Waals surface area contributed by atoms with Crippen LogP contribution in [0, 0.1) is 0 Å². The van der Waals surface area contributed by atoms with E-state index in [1.807, 2.05) is 0 Å². The fourth-order valence-electron chi connectivity index (χ4n) is 0. The van der Waals surface area contributed by atoms with Crippen LogP contribution in [0.2, 0.25) is 0 Å². The summed E-state index contributed by atoms with van der Waals surface area (Å²) in [6.07, 6.45) is 0. The number of hydrogen-bond acceptors (Lipinski definition) is 15. The van der Waals surface area contributed by atoms with Gasteiger partial charge in [-0.15, -0.1) is 0 Å². The summed E-state index contributed by atoms with van der Waals surface area (Å²) < 4.78 is 99.7. The summed E-state index contributed by atoms with van der Waals surface area (Å²) in [7, 11) is -15.4. The molecule has 0 unspecified atom stereocenters. The van der Waals surface area contributed by atoms with E-state index >= 15 is 0 Å². The summed E-state index contributed by atoms with van der Waals surface area (Å²) in [5, 5.41) is 0. The first-order valence-electron chi connectivity index (χ1n) is 3.79. The Hall–Kier alpha value is 1.76. The van der Waals surface area contributed by atoms with Crippen molar-refractivity contribution in [1.29, 1.82) is 0 Å². The van der Waals surface area contributed by atoms with Gasteiger partial charge in [-0.1, -0.05) is 0 Å². The van der Waals surface area contributed by atoms with Gasteiger partial charge in [0.05, 0.1) is 23.5 Å². The molecule has 0 aliphatic rings. The minimum atomic E-state index is -5.14. The van der Waals surface area contributed by atoms with Crippen LogP contribution in [0.25, 0.3) is 0 Å². The summed E-state index contributed by atoms with van der Waals surface area (Å²) in [5.74, 6) is 0. The molecule has 0 heterocycles. The van der Waals surface area contributed by atoms with E-state index in [-0.39, 0.29) is 21.1 Å². The molecule has 0 saturated heterocycles. The van der Waals surface area contributed by atoms with Gasteiger partial charge >= 0.3 is 84.5 Å². The fourth-order valence-corrected chi connectivity index (χ4v) is 0. The molecule has 0 amide bonds. The zero-order valence-electron chi connectivity index (χ0n) is 11.8. The normalized spacial score (nSPS) is 9.00. The monoisotopic (exact) mass is 1080 g/mol. The molecule has 0 aliphatic carbocycles. The second kappa shape index (κ2) is 26.8. The maximum atomic E-state index is 8.72. The Balaban J connectivity index is -0.0000000377. The Morgan fingerprint density at radius 3 is 0.464 bits per heavy atom. The van der Waals surface area contributed by atoms with E-state index < -0.39 is 76.3 Å². The van der Waals surface area contributed by atoms with Crippen LogP contribution in [0.4, 0.5) is 0 Å².